The Morgan fingerprint density at radius 1 is 1.10 bits per heavy atom. The van der Waals surface area contributed by atoms with Crippen LogP contribution in [0.15, 0.2) is 42.5 Å². The average molecular weight is 428 g/mol. The third-order valence-corrected chi connectivity index (χ3v) is 5.19. The number of hydrogen-bond acceptors (Lipinski definition) is 7. The molecule has 1 saturated heterocycles. The van der Waals surface area contributed by atoms with Gasteiger partial charge in [-0.05, 0) is 35.7 Å². The smallest absolute Gasteiger partial charge is 0.475 e. The Morgan fingerprint density at radius 3 is 2.39 bits per heavy atom. The number of amides is 1. The van der Waals surface area contributed by atoms with Crippen LogP contribution in [0.4, 0.5) is 0 Å². The van der Waals surface area contributed by atoms with Crippen LogP contribution in [-0.4, -0.2) is 76.4 Å². The average Bonchev–Trinajstić information content (AvgIpc) is 2.75. The maximum Gasteiger partial charge on any atom is 0.475 e. The van der Waals surface area contributed by atoms with Gasteiger partial charge in [-0.1, -0.05) is 24.3 Å². The highest BCUT2D eigenvalue weighted by atomic mass is 16.5. The first-order chi connectivity index (χ1) is 14.8. The van der Waals surface area contributed by atoms with E-state index in [0.29, 0.717) is 18.8 Å². The number of carbonyl (C=O) groups excluding carboxylic acids is 1. The first kappa shape index (κ1) is 22.8. The summed E-state index contributed by atoms with van der Waals surface area (Å²) in [6.07, 6.45) is -0.161. The fourth-order valence-corrected chi connectivity index (χ4v) is 3.43. The third kappa shape index (κ3) is 6.05. The molecule has 0 spiro atoms. The molecule has 9 nitrogen and oxygen atoms in total. The Labute approximate surface area is 180 Å². The van der Waals surface area contributed by atoms with Crippen LogP contribution in [0.3, 0.4) is 0 Å². The normalized spacial score (nSPS) is 15.3. The van der Waals surface area contributed by atoms with Crippen molar-refractivity contribution in [2.75, 3.05) is 26.3 Å². The second-order valence-electron chi connectivity index (χ2n) is 7.40. The van der Waals surface area contributed by atoms with Crippen LogP contribution in [-0.2, 0) is 17.7 Å². The predicted octanol–water partition coefficient (Wildman–Crippen LogP) is 0.276. The molecule has 0 aromatic heterocycles. The van der Waals surface area contributed by atoms with Gasteiger partial charge in [-0.2, -0.15) is 0 Å². The molecule has 0 aliphatic carbocycles. The number of aromatic hydroxyl groups is 1. The Morgan fingerprint density at radius 2 is 1.77 bits per heavy atom. The molecule has 10 heteroatoms. The van der Waals surface area contributed by atoms with Crippen molar-refractivity contribution in [1.82, 2.24) is 10.2 Å². The van der Waals surface area contributed by atoms with Gasteiger partial charge in [0.25, 0.3) is 5.91 Å². The van der Waals surface area contributed by atoms with Crippen molar-refractivity contribution in [3.8, 4) is 5.75 Å². The molecule has 1 unspecified atom stereocenters. The third-order valence-electron chi connectivity index (χ3n) is 5.19. The zero-order valence-electron chi connectivity index (χ0n) is 16.9. The monoisotopic (exact) mass is 428 g/mol. The maximum absolute atomic E-state index is 12.6. The van der Waals surface area contributed by atoms with Crippen LogP contribution >= 0.6 is 0 Å². The summed E-state index contributed by atoms with van der Waals surface area (Å²) in [7, 11) is -1.91. The van der Waals surface area contributed by atoms with Crippen LogP contribution < -0.4 is 5.32 Å². The van der Waals surface area contributed by atoms with Crippen LogP contribution in [0.5, 0.6) is 5.75 Å². The van der Waals surface area contributed by atoms with E-state index in [-0.39, 0.29) is 17.5 Å². The van der Waals surface area contributed by atoms with Crippen LogP contribution in [0.2, 0.25) is 0 Å². The standard InChI is InChI=1S/C21H25BN2O7/c25-19-16(2-1-3-17(19)21(27)28)12-18(22(29)30)23-20(26)15-6-4-14(5-7-15)13-24-8-10-31-11-9-24/h1-7,18,25,29-30H,8-13H2,(H,23,26)(H,27,28). The quantitative estimate of drug-likeness (QED) is 0.378. The van der Waals surface area contributed by atoms with E-state index in [1.165, 1.54) is 18.2 Å². The second kappa shape index (κ2) is 10.4. The maximum atomic E-state index is 12.6. The highest BCUT2D eigenvalue weighted by Gasteiger charge is 2.28. The summed E-state index contributed by atoms with van der Waals surface area (Å²) in [5.41, 5.74) is 1.28. The molecule has 5 N–H and O–H groups in total. The number of aromatic carboxylic acids is 1. The van der Waals surface area contributed by atoms with E-state index in [0.717, 1.165) is 25.2 Å². The Kier molecular flexibility index (Phi) is 7.64. The van der Waals surface area contributed by atoms with Crippen molar-refractivity contribution < 1.29 is 34.6 Å². The lowest BCUT2D eigenvalue weighted by molar-refractivity contribution is 0.0342. The molecular weight excluding hydrogens is 403 g/mol. The number of carbonyl (C=O) groups is 2. The minimum atomic E-state index is -1.91. The van der Waals surface area contributed by atoms with Crippen LogP contribution in [0.25, 0.3) is 0 Å². The Bertz CT molecular complexity index is 914. The number of morpholine rings is 1. The Balaban J connectivity index is 1.65. The highest BCUT2D eigenvalue weighted by molar-refractivity contribution is 6.43. The van der Waals surface area contributed by atoms with Crippen molar-refractivity contribution in [3.05, 3.63) is 64.7 Å². The lowest BCUT2D eigenvalue weighted by atomic mass is 9.75. The molecule has 1 aliphatic rings. The lowest BCUT2D eigenvalue weighted by Gasteiger charge is -2.26. The van der Waals surface area contributed by atoms with Crippen molar-refractivity contribution in [2.24, 2.45) is 0 Å². The summed E-state index contributed by atoms with van der Waals surface area (Å²) in [6.45, 7) is 3.87. The van der Waals surface area contributed by atoms with Crippen LogP contribution in [0.1, 0.15) is 31.8 Å². The van der Waals surface area contributed by atoms with Gasteiger partial charge in [0.05, 0.1) is 19.2 Å². The summed E-state index contributed by atoms with van der Waals surface area (Å²) in [6, 6.07) is 11.2. The van der Waals surface area contributed by atoms with E-state index in [2.05, 4.69) is 10.2 Å². The summed E-state index contributed by atoms with van der Waals surface area (Å²) in [5.74, 6) is -3.43. The topological polar surface area (TPSA) is 140 Å². The van der Waals surface area contributed by atoms with Crippen molar-refractivity contribution in [1.29, 1.82) is 0 Å². The summed E-state index contributed by atoms with van der Waals surface area (Å²) >= 11 is 0. The van der Waals surface area contributed by atoms with Crippen molar-refractivity contribution >= 4 is 19.0 Å². The van der Waals surface area contributed by atoms with Gasteiger partial charge in [-0.25, -0.2) is 4.79 Å². The number of para-hydroxylation sites is 1. The number of phenols is 1. The highest BCUT2D eigenvalue weighted by Crippen LogP contribution is 2.24. The lowest BCUT2D eigenvalue weighted by Crippen LogP contribution is -2.47. The molecule has 0 bridgehead atoms. The number of nitrogens with one attached hydrogen (secondary N) is 1. The molecule has 1 heterocycles. The SMILES string of the molecule is O=C(NC(Cc1cccc(C(=O)O)c1O)B(O)O)c1ccc(CN2CCOCC2)cc1. The molecule has 2 aromatic carbocycles. The van der Waals surface area contributed by atoms with E-state index >= 15 is 0 Å². The van der Waals surface area contributed by atoms with Gasteiger partial charge in [0.1, 0.15) is 11.3 Å². The molecule has 1 amide bonds. The predicted molar refractivity (Wildman–Crippen MR) is 113 cm³/mol. The molecular formula is C21H25BN2O7. The second-order valence-corrected chi connectivity index (χ2v) is 7.40. The largest absolute Gasteiger partial charge is 0.507 e. The molecule has 1 aliphatic heterocycles. The summed E-state index contributed by atoms with van der Waals surface area (Å²) in [4.78, 5) is 26.0. The van der Waals surface area contributed by atoms with E-state index < -0.39 is 30.7 Å². The molecule has 164 valence electrons. The van der Waals surface area contributed by atoms with Gasteiger partial charge in [0.15, 0.2) is 0 Å². The molecule has 2 aromatic rings. The minimum absolute atomic E-state index is 0.161. The molecule has 1 atom stereocenters. The van der Waals surface area contributed by atoms with Crippen molar-refractivity contribution in [3.63, 3.8) is 0 Å². The first-order valence-corrected chi connectivity index (χ1v) is 9.95. The van der Waals surface area contributed by atoms with Gasteiger partial charge in [0, 0.05) is 25.2 Å². The summed E-state index contributed by atoms with van der Waals surface area (Å²) < 4.78 is 5.33. The van der Waals surface area contributed by atoms with Crippen LogP contribution in [0, 0.1) is 0 Å². The number of nitrogens with zero attached hydrogens (tertiary/aromatic N) is 1. The summed E-state index contributed by atoms with van der Waals surface area (Å²) in [5, 5.41) is 41.2. The van der Waals surface area contributed by atoms with Gasteiger partial charge in [-0.3, -0.25) is 9.69 Å². The number of carboxylic acid groups (broad SMARTS) is 1. The number of ether oxygens (including phenoxy) is 1. The van der Waals surface area contributed by atoms with Gasteiger partial charge in [0.2, 0.25) is 0 Å². The van der Waals surface area contributed by atoms with Crippen molar-refractivity contribution in [2.45, 2.75) is 18.9 Å². The molecule has 0 radical (unpaired) electrons. The zero-order valence-corrected chi connectivity index (χ0v) is 16.9. The molecule has 0 saturated carbocycles. The number of carboxylic acids is 1. The minimum Gasteiger partial charge on any atom is -0.507 e. The molecule has 31 heavy (non-hydrogen) atoms. The molecule has 1 fully saturated rings. The van der Waals surface area contributed by atoms with Gasteiger partial charge in [-0.15, -0.1) is 0 Å². The fourth-order valence-electron chi connectivity index (χ4n) is 3.43. The van der Waals surface area contributed by atoms with E-state index in [1.54, 1.807) is 12.1 Å². The van der Waals surface area contributed by atoms with E-state index in [1.807, 2.05) is 12.1 Å². The van der Waals surface area contributed by atoms with Gasteiger partial charge >= 0.3 is 13.1 Å². The van der Waals surface area contributed by atoms with Gasteiger partial charge < -0.3 is 30.3 Å². The van der Waals surface area contributed by atoms with E-state index in [4.69, 9.17) is 9.84 Å². The number of rotatable bonds is 8. The number of hydrogen-bond donors (Lipinski definition) is 5. The molecule has 3 rings (SSSR count). The van der Waals surface area contributed by atoms with E-state index in [9.17, 15) is 24.7 Å². The fraction of sp³-hybridized carbons (Fsp3) is 0.333. The number of benzene rings is 2. The first-order valence-electron chi connectivity index (χ1n) is 9.95. The Hall–Kier alpha value is -2.92. The zero-order chi connectivity index (χ0) is 22.4.